The van der Waals surface area contributed by atoms with Crippen LogP contribution in [-0.2, 0) is 4.74 Å². The van der Waals surface area contributed by atoms with Crippen LogP contribution in [0.25, 0.3) is 0 Å². The number of hydrogen-bond acceptors (Lipinski definition) is 6. The van der Waals surface area contributed by atoms with Gasteiger partial charge in [0.1, 0.15) is 5.75 Å². The van der Waals surface area contributed by atoms with Gasteiger partial charge in [-0.25, -0.2) is 4.79 Å². The van der Waals surface area contributed by atoms with E-state index in [0.29, 0.717) is 40.4 Å². The summed E-state index contributed by atoms with van der Waals surface area (Å²) in [5.74, 6) is 0.761. The lowest BCUT2D eigenvalue weighted by atomic mass is 10.1. The number of ketones is 1. The summed E-state index contributed by atoms with van der Waals surface area (Å²) in [5, 5.41) is 0.307. The number of Topliss-reactive ketones (excluding diaryl/α,β-unsaturated/α-hetero) is 1. The lowest BCUT2D eigenvalue weighted by molar-refractivity contribution is 0.0474. The summed E-state index contributed by atoms with van der Waals surface area (Å²) in [6.07, 6.45) is 0. The molecule has 0 fully saturated rings. The number of ether oxygens (including phenoxy) is 4. The average molecular weight is 407 g/mol. The van der Waals surface area contributed by atoms with Crippen molar-refractivity contribution in [1.82, 2.24) is 0 Å². The molecule has 2 aromatic rings. The lowest BCUT2D eigenvalue weighted by Gasteiger charge is -2.13. The molecule has 150 valence electrons. The van der Waals surface area contributed by atoms with Gasteiger partial charge in [-0.3, -0.25) is 4.79 Å². The number of esters is 1. The first kappa shape index (κ1) is 21.6. The fraction of sp³-hybridized carbons (Fsp3) is 0.333. The van der Waals surface area contributed by atoms with Gasteiger partial charge in [0, 0.05) is 5.56 Å². The van der Waals surface area contributed by atoms with Crippen LogP contribution in [0.15, 0.2) is 36.4 Å². The fourth-order valence-corrected chi connectivity index (χ4v) is 2.57. The van der Waals surface area contributed by atoms with Crippen molar-refractivity contribution >= 4 is 23.4 Å². The summed E-state index contributed by atoms with van der Waals surface area (Å²) >= 11 is 6.01. The first-order valence-corrected chi connectivity index (χ1v) is 9.08. The highest BCUT2D eigenvalue weighted by molar-refractivity contribution is 6.32. The second kappa shape index (κ2) is 9.99. The van der Waals surface area contributed by atoms with Crippen molar-refractivity contribution in [3.8, 4) is 17.2 Å². The molecule has 0 spiro atoms. The second-order valence-corrected chi connectivity index (χ2v) is 6.83. The highest BCUT2D eigenvalue weighted by atomic mass is 35.5. The predicted molar refractivity (Wildman–Crippen MR) is 106 cm³/mol. The number of carbonyl (C=O) groups is 2. The summed E-state index contributed by atoms with van der Waals surface area (Å²) in [5.41, 5.74) is 0.586. The van der Waals surface area contributed by atoms with Gasteiger partial charge in [0.05, 0.1) is 31.4 Å². The molecular weight excluding hydrogens is 384 g/mol. The Balaban J connectivity index is 2.02. The highest BCUT2D eigenvalue weighted by Gasteiger charge is 2.16. The van der Waals surface area contributed by atoms with Gasteiger partial charge in [0.25, 0.3) is 0 Å². The largest absolute Gasteiger partial charge is 0.495 e. The van der Waals surface area contributed by atoms with E-state index < -0.39 is 12.6 Å². The summed E-state index contributed by atoms with van der Waals surface area (Å²) in [6.45, 7) is 4.19. The maximum Gasteiger partial charge on any atom is 0.338 e. The standard InChI is InChI=1S/C21H23ClO6/c1-13(2)11-27-19-8-6-15(10-20(19)26-4)21(24)28-12-17(23)14-5-7-18(25-3)16(22)9-14/h5-10,13H,11-12H2,1-4H3. The van der Waals surface area contributed by atoms with Crippen molar-refractivity contribution in [3.05, 3.63) is 52.5 Å². The molecule has 0 amide bonds. The Morgan fingerprint density at radius 3 is 2.18 bits per heavy atom. The highest BCUT2D eigenvalue weighted by Crippen LogP contribution is 2.29. The molecule has 0 saturated heterocycles. The van der Waals surface area contributed by atoms with Crippen LogP contribution in [0.3, 0.4) is 0 Å². The zero-order chi connectivity index (χ0) is 20.7. The van der Waals surface area contributed by atoms with E-state index in [9.17, 15) is 9.59 Å². The van der Waals surface area contributed by atoms with E-state index in [4.69, 9.17) is 30.5 Å². The van der Waals surface area contributed by atoms with Gasteiger partial charge in [-0.05, 0) is 42.3 Å². The SMILES string of the molecule is COc1ccc(C(=O)COC(=O)c2ccc(OCC(C)C)c(OC)c2)cc1Cl. The Labute approximate surface area is 169 Å². The van der Waals surface area contributed by atoms with Crippen LogP contribution >= 0.6 is 11.6 Å². The van der Waals surface area contributed by atoms with Crippen molar-refractivity contribution in [2.45, 2.75) is 13.8 Å². The maximum absolute atomic E-state index is 12.3. The summed E-state index contributed by atoms with van der Waals surface area (Å²) in [6, 6.07) is 9.34. The van der Waals surface area contributed by atoms with Crippen LogP contribution in [-0.4, -0.2) is 39.2 Å². The van der Waals surface area contributed by atoms with E-state index in [1.54, 1.807) is 24.3 Å². The van der Waals surface area contributed by atoms with Gasteiger partial charge in [0.15, 0.2) is 23.9 Å². The van der Waals surface area contributed by atoms with E-state index in [0.717, 1.165) is 0 Å². The van der Waals surface area contributed by atoms with Gasteiger partial charge < -0.3 is 18.9 Å². The molecule has 0 aromatic heterocycles. The maximum atomic E-state index is 12.3. The van der Waals surface area contributed by atoms with Gasteiger partial charge >= 0.3 is 5.97 Å². The Hall–Kier alpha value is -2.73. The van der Waals surface area contributed by atoms with E-state index in [-0.39, 0.29) is 11.3 Å². The van der Waals surface area contributed by atoms with Crippen molar-refractivity contribution in [2.75, 3.05) is 27.4 Å². The van der Waals surface area contributed by atoms with Crippen LogP contribution in [0.4, 0.5) is 0 Å². The molecule has 7 heteroatoms. The fourth-order valence-electron chi connectivity index (χ4n) is 2.31. The molecule has 0 heterocycles. The first-order valence-electron chi connectivity index (χ1n) is 8.70. The van der Waals surface area contributed by atoms with E-state index in [1.807, 2.05) is 13.8 Å². The third-order valence-corrected chi connectivity index (χ3v) is 4.07. The molecule has 0 unspecified atom stereocenters. The Morgan fingerprint density at radius 2 is 1.57 bits per heavy atom. The van der Waals surface area contributed by atoms with Crippen molar-refractivity contribution in [1.29, 1.82) is 0 Å². The van der Waals surface area contributed by atoms with Gasteiger partial charge in [-0.1, -0.05) is 25.4 Å². The molecule has 2 rings (SSSR count). The van der Waals surface area contributed by atoms with Crippen LogP contribution in [0.2, 0.25) is 5.02 Å². The Kier molecular flexibility index (Phi) is 7.70. The number of methoxy groups -OCH3 is 2. The van der Waals surface area contributed by atoms with Crippen molar-refractivity contribution in [2.24, 2.45) is 5.92 Å². The summed E-state index contributed by atoms with van der Waals surface area (Å²) in [7, 11) is 2.97. The molecule has 0 saturated carbocycles. The zero-order valence-corrected chi connectivity index (χ0v) is 17.0. The van der Waals surface area contributed by atoms with Gasteiger partial charge in [0.2, 0.25) is 0 Å². The monoisotopic (exact) mass is 406 g/mol. The zero-order valence-electron chi connectivity index (χ0n) is 16.3. The number of halogens is 1. The minimum absolute atomic E-state index is 0.259. The lowest BCUT2D eigenvalue weighted by Crippen LogP contribution is -2.14. The summed E-state index contributed by atoms with van der Waals surface area (Å²) in [4.78, 5) is 24.5. The van der Waals surface area contributed by atoms with Gasteiger partial charge in [-0.15, -0.1) is 0 Å². The molecule has 0 N–H and O–H groups in total. The Morgan fingerprint density at radius 1 is 0.929 bits per heavy atom. The number of hydrogen-bond donors (Lipinski definition) is 0. The number of rotatable bonds is 9. The molecule has 6 nitrogen and oxygen atoms in total. The average Bonchev–Trinajstić information content (AvgIpc) is 2.69. The molecule has 0 radical (unpaired) electrons. The van der Waals surface area contributed by atoms with Crippen LogP contribution in [0.1, 0.15) is 34.6 Å². The number of carbonyl (C=O) groups excluding carboxylic acids is 2. The van der Waals surface area contributed by atoms with Crippen molar-refractivity contribution < 1.29 is 28.5 Å². The molecule has 0 aliphatic heterocycles. The topological polar surface area (TPSA) is 71.1 Å². The molecule has 0 aliphatic rings. The van der Waals surface area contributed by atoms with Crippen LogP contribution in [0.5, 0.6) is 17.2 Å². The molecule has 28 heavy (non-hydrogen) atoms. The van der Waals surface area contributed by atoms with Crippen LogP contribution in [0, 0.1) is 5.92 Å². The number of benzene rings is 2. The predicted octanol–water partition coefficient (Wildman–Crippen LogP) is 4.43. The minimum Gasteiger partial charge on any atom is -0.495 e. The molecular formula is C21H23ClO6. The second-order valence-electron chi connectivity index (χ2n) is 6.42. The third kappa shape index (κ3) is 5.63. The smallest absolute Gasteiger partial charge is 0.338 e. The molecule has 2 aromatic carbocycles. The third-order valence-electron chi connectivity index (χ3n) is 3.78. The quantitative estimate of drug-likeness (QED) is 0.453. The Bertz CT molecular complexity index is 847. The normalized spacial score (nSPS) is 10.5. The van der Waals surface area contributed by atoms with Crippen LogP contribution < -0.4 is 14.2 Å². The molecule has 0 bridgehead atoms. The van der Waals surface area contributed by atoms with Crippen molar-refractivity contribution in [3.63, 3.8) is 0 Å². The molecule has 0 atom stereocenters. The first-order chi connectivity index (χ1) is 13.3. The summed E-state index contributed by atoms with van der Waals surface area (Å²) < 4.78 is 21.1. The molecule has 0 aliphatic carbocycles. The van der Waals surface area contributed by atoms with E-state index in [1.165, 1.54) is 26.4 Å². The van der Waals surface area contributed by atoms with E-state index in [2.05, 4.69) is 0 Å². The minimum atomic E-state index is -0.637. The van der Waals surface area contributed by atoms with E-state index >= 15 is 0 Å². The van der Waals surface area contributed by atoms with Gasteiger partial charge in [-0.2, -0.15) is 0 Å².